The molecular weight excluding hydrogens is 330 g/mol. The summed E-state index contributed by atoms with van der Waals surface area (Å²) < 4.78 is 0. The number of amides is 3. The second-order valence-electron chi connectivity index (χ2n) is 6.38. The molecule has 0 N–H and O–H groups in total. The highest BCUT2D eigenvalue weighted by Gasteiger charge is 2.40. The average Bonchev–Trinajstić information content (AvgIpc) is 2.74. The summed E-state index contributed by atoms with van der Waals surface area (Å²) in [5.41, 5.74) is 0.646. The Balaban J connectivity index is 2.22. The van der Waals surface area contributed by atoms with Gasteiger partial charge in [0, 0.05) is 29.8 Å². The molecule has 0 unspecified atom stereocenters. The van der Waals surface area contributed by atoms with Crippen molar-refractivity contribution >= 4 is 29.2 Å². The maximum Gasteiger partial charge on any atom is 0.350 e. The first kappa shape index (κ1) is 18.5. The van der Waals surface area contributed by atoms with E-state index in [1.807, 2.05) is 27.7 Å². The van der Waals surface area contributed by atoms with Gasteiger partial charge in [-0.3, -0.25) is 9.69 Å². The van der Waals surface area contributed by atoms with Crippen LogP contribution in [0.2, 0.25) is 5.02 Å². The van der Waals surface area contributed by atoms with E-state index in [9.17, 15) is 9.59 Å². The van der Waals surface area contributed by atoms with E-state index in [-0.39, 0.29) is 30.4 Å². The van der Waals surface area contributed by atoms with E-state index in [1.165, 1.54) is 4.90 Å². The molecule has 1 saturated heterocycles. The molecule has 2 rings (SSSR count). The minimum absolute atomic E-state index is 0.0490. The number of nitrogens with zero attached hydrogens (tertiary/aromatic N) is 3. The van der Waals surface area contributed by atoms with Crippen LogP contribution >= 0.6 is 11.6 Å². The molecule has 1 aromatic rings. The number of hydrogen-bond donors (Lipinski definition) is 0. The van der Waals surface area contributed by atoms with Crippen LogP contribution in [0.5, 0.6) is 0 Å². The van der Waals surface area contributed by atoms with Crippen LogP contribution in [0.3, 0.4) is 0 Å². The van der Waals surface area contributed by atoms with Crippen molar-refractivity contribution in [2.24, 2.45) is 0 Å². The molecule has 3 amide bonds. The van der Waals surface area contributed by atoms with Crippen molar-refractivity contribution in [1.82, 2.24) is 9.96 Å². The van der Waals surface area contributed by atoms with Crippen LogP contribution in [-0.4, -0.2) is 47.3 Å². The lowest BCUT2D eigenvalue weighted by Gasteiger charge is -2.32. The molecule has 24 heavy (non-hydrogen) atoms. The topological polar surface area (TPSA) is 53.1 Å². The van der Waals surface area contributed by atoms with Crippen LogP contribution in [0.4, 0.5) is 10.5 Å². The molecule has 0 radical (unpaired) electrons. The van der Waals surface area contributed by atoms with E-state index < -0.39 is 6.23 Å². The van der Waals surface area contributed by atoms with Gasteiger partial charge in [0.15, 0.2) is 6.23 Å². The van der Waals surface area contributed by atoms with Crippen LogP contribution in [0.25, 0.3) is 0 Å². The van der Waals surface area contributed by atoms with Crippen molar-refractivity contribution in [2.45, 2.75) is 52.4 Å². The molecular formula is C17H24ClN3O3. The zero-order valence-electron chi connectivity index (χ0n) is 14.7. The van der Waals surface area contributed by atoms with Crippen molar-refractivity contribution in [3.63, 3.8) is 0 Å². The Hall–Kier alpha value is -1.79. The van der Waals surface area contributed by atoms with Crippen molar-refractivity contribution < 1.29 is 14.4 Å². The minimum atomic E-state index is -0.670. The zero-order valence-corrected chi connectivity index (χ0v) is 15.4. The second-order valence-corrected chi connectivity index (χ2v) is 6.82. The van der Waals surface area contributed by atoms with E-state index in [4.69, 9.17) is 16.4 Å². The molecule has 0 bridgehead atoms. The van der Waals surface area contributed by atoms with Crippen LogP contribution < -0.4 is 4.90 Å². The summed E-state index contributed by atoms with van der Waals surface area (Å²) in [5.74, 6) is -0.0490. The molecule has 1 aliphatic heterocycles. The van der Waals surface area contributed by atoms with Crippen molar-refractivity contribution in [3.05, 3.63) is 29.3 Å². The van der Waals surface area contributed by atoms with Crippen LogP contribution in [-0.2, 0) is 9.63 Å². The maximum absolute atomic E-state index is 12.7. The number of carbonyl (C=O) groups is 2. The number of halogens is 1. The Kier molecular flexibility index (Phi) is 5.72. The van der Waals surface area contributed by atoms with E-state index in [0.717, 1.165) is 5.06 Å². The lowest BCUT2D eigenvalue weighted by molar-refractivity contribution is -0.145. The van der Waals surface area contributed by atoms with Gasteiger partial charge in [-0.1, -0.05) is 11.6 Å². The number of carbonyl (C=O) groups excluding carboxylic acids is 2. The Bertz CT molecular complexity index is 596. The highest BCUT2D eigenvalue weighted by atomic mass is 35.5. The summed E-state index contributed by atoms with van der Waals surface area (Å²) >= 11 is 5.91. The molecule has 1 atom stereocenters. The minimum Gasteiger partial charge on any atom is -0.338 e. The van der Waals surface area contributed by atoms with Crippen molar-refractivity contribution in [3.8, 4) is 0 Å². The number of urea groups is 1. The number of rotatable bonds is 5. The van der Waals surface area contributed by atoms with Crippen LogP contribution in [0, 0.1) is 0 Å². The van der Waals surface area contributed by atoms with Crippen molar-refractivity contribution in [1.29, 1.82) is 0 Å². The van der Waals surface area contributed by atoms with Crippen LogP contribution in [0.1, 0.15) is 34.1 Å². The van der Waals surface area contributed by atoms with E-state index in [2.05, 4.69) is 0 Å². The molecule has 1 fully saturated rings. The van der Waals surface area contributed by atoms with Gasteiger partial charge in [0.1, 0.15) is 0 Å². The Labute approximate surface area is 147 Å². The summed E-state index contributed by atoms with van der Waals surface area (Å²) in [6, 6.07) is 6.74. The molecule has 0 spiro atoms. The largest absolute Gasteiger partial charge is 0.350 e. The lowest BCUT2D eigenvalue weighted by Crippen LogP contribution is -2.45. The quantitative estimate of drug-likeness (QED) is 0.814. The third kappa shape index (κ3) is 3.82. The Morgan fingerprint density at radius 3 is 2.25 bits per heavy atom. The molecule has 1 heterocycles. The molecule has 7 heteroatoms. The molecule has 1 aliphatic rings. The molecule has 1 aromatic carbocycles. The monoisotopic (exact) mass is 353 g/mol. The predicted molar refractivity (Wildman–Crippen MR) is 93.7 cm³/mol. The van der Waals surface area contributed by atoms with Gasteiger partial charge in [0.25, 0.3) is 0 Å². The first-order chi connectivity index (χ1) is 11.2. The standard InChI is InChI=1S/C17H24ClN3O3/c1-11(2)20(12(3)4)15(22)10-16-21(17(23)19(5)24-16)14-8-6-13(18)7-9-14/h6-9,11-12,16H,10H2,1-5H3/t16-/m0/s1. The first-order valence-corrected chi connectivity index (χ1v) is 8.40. The van der Waals surface area contributed by atoms with Gasteiger partial charge in [-0.05, 0) is 52.0 Å². The molecule has 0 aliphatic carbocycles. The van der Waals surface area contributed by atoms with Crippen molar-refractivity contribution in [2.75, 3.05) is 11.9 Å². The van der Waals surface area contributed by atoms with Gasteiger partial charge in [-0.2, -0.15) is 0 Å². The second kappa shape index (κ2) is 7.40. The Morgan fingerprint density at radius 2 is 1.75 bits per heavy atom. The SMILES string of the molecule is CC(C)N(C(=O)C[C@@H]1ON(C)C(=O)N1c1ccc(Cl)cc1)C(C)C. The Morgan fingerprint density at radius 1 is 1.21 bits per heavy atom. The number of hydroxylamine groups is 2. The number of benzene rings is 1. The summed E-state index contributed by atoms with van der Waals surface area (Å²) in [5, 5.41) is 1.74. The molecule has 0 saturated carbocycles. The molecule has 132 valence electrons. The fourth-order valence-corrected chi connectivity index (χ4v) is 3.11. The van der Waals surface area contributed by atoms with Gasteiger partial charge >= 0.3 is 6.03 Å². The first-order valence-electron chi connectivity index (χ1n) is 8.02. The summed E-state index contributed by atoms with van der Waals surface area (Å²) in [7, 11) is 1.54. The van der Waals surface area contributed by atoms with Gasteiger partial charge in [-0.25, -0.2) is 14.7 Å². The molecule has 0 aromatic heterocycles. The summed E-state index contributed by atoms with van der Waals surface area (Å²) in [6.07, 6.45) is -0.578. The van der Waals surface area contributed by atoms with Crippen LogP contribution in [0.15, 0.2) is 24.3 Å². The lowest BCUT2D eigenvalue weighted by atomic mass is 10.2. The third-order valence-electron chi connectivity index (χ3n) is 3.90. The van der Waals surface area contributed by atoms with Gasteiger partial charge in [-0.15, -0.1) is 0 Å². The van der Waals surface area contributed by atoms with E-state index >= 15 is 0 Å². The van der Waals surface area contributed by atoms with E-state index in [0.29, 0.717) is 10.7 Å². The maximum atomic E-state index is 12.7. The van der Waals surface area contributed by atoms with Gasteiger partial charge < -0.3 is 4.90 Å². The fraction of sp³-hybridized carbons (Fsp3) is 0.529. The average molecular weight is 354 g/mol. The van der Waals surface area contributed by atoms with E-state index in [1.54, 1.807) is 36.2 Å². The molecule has 6 nitrogen and oxygen atoms in total. The summed E-state index contributed by atoms with van der Waals surface area (Å²) in [4.78, 5) is 33.9. The third-order valence-corrected chi connectivity index (χ3v) is 4.15. The summed E-state index contributed by atoms with van der Waals surface area (Å²) in [6.45, 7) is 7.90. The van der Waals surface area contributed by atoms with Gasteiger partial charge in [0.2, 0.25) is 5.91 Å². The highest BCUT2D eigenvalue weighted by molar-refractivity contribution is 6.30. The van der Waals surface area contributed by atoms with Gasteiger partial charge in [0.05, 0.1) is 6.42 Å². The normalized spacial score (nSPS) is 18.0. The smallest absolute Gasteiger partial charge is 0.338 e. The predicted octanol–water partition coefficient (Wildman–Crippen LogP) is 3.51. The zero-order chi connectivity index (χ0) is 18.0. The number of hydrogen-bond acceptors (Lipinski definition) is 3. The number of anilines is 1. The highest BCUT2D eigenvalue weighted by Crippen LogP contribution is 2.28. The fourth-order valence-electron chi connectivity index (χ4n) is 2.98.